The summed E-state index contributed by atoms with van der Waals surface area (Å²) in [5, 5.41) is 13.4. The minimum Gasteiger partial charge on any atom is -0.409 e. The quantitative estimate of drug-likeness (QED) is 0.369. The number of rotatable bonds is 5. The van der Waals surface area contributed by atoms with E-state index >= 15 is 0 Å². The third-order valence-corrected chi connectivity index (χ3v) is 4.05. The predicted molar refractivity (Wildman–Crippen MR) is 71.1 cm³/mol. The van der Waals surface area contributed by atoms with Gasteiger partial charge in [0.05, 0.1) is 4.88 Å². The van der Waals surface area contributed by atoms with Crippen molar-refractivity contribution in [2.24, 2.45) is 10.9 Å². The van der Waals surface area contributed by atoms with Crippen LogP contribution >= 0.6 is 11.3 Å². The number of aryl methyl sites for hydroxylation is 1. The number of nitrogens with two attached hydrogens (primary N) is 1. The van der Waals surface area contributed by atoms with Crippen molar-refractivity contribution in [1.29, 1.82) is 0 Å². The van der Waals surface area contributed by atoms with E-state index in [1.807, 2.05) is 23.3 Å². The molecule has 6 heteroatoms. The molecule has 0 atom stereocenters. The predicted octanol–water partition coefficient (Wildman–Crippen LogP) is 1.80. The number of amides is 1. The molecule has 1 aromatic heterocycles. The molecule has 1 fully saturated rings. The Bertz CT molecular complexity index is 466. The molecular weight excluding hydrogens is 250 g/mol. The number of oxime groups is 1. The van der Waals surface area contributed by atoms with Gasteiger partial charge in [0.2, 0.25) is 0 Å². The fraction of sp³-hybridized carbons (Fsp3) is 0.500. The van der Waals surface area contributed by atoms with Gasteiger partial charge >= 0.3 is 0 Å². The average Bonchev–Trinajstić information content (AvgIpc) is 3.10. The molecule has 18 heavy (non-hydrogen) atoms. The van der Waals surface area contributed by atoms with Crippen LogP contribution in [0.3, 0.4) is 0 Å². The molecule has 3 N–H and O–H groups in total. The lowest BCUT2D eigenvalue weighted by molar-refractivity contribution is 0.0751. The van der Waals surface area contributed by atoms with Crippen LogP contribution in [0.5, 0.6) is 0 Å². The highest BCUT2D eigenvalue weighted by Crippen LogP contribution is 2.30. The summed E-state index contributed by atoms with van der Waals surface area (Å²) in [5.74, 6) is 0.229. The number of thiophene rings is 1. The summed E-state index contributed by atoms with van der Waals surface area (Å²) in [5.41, 5.74) is 6.47. The molecule has 0 spiro atoms. The summed E-state index contributed by atoms with van der Waals surface area (Å²) in [4.78, 5) is 15.0. The van der Waals surface area contributed by atoms with E-state index in [-0.39, 0.29) is 11.7 Å². The summed E-state index contributed by atoms with van der Waals surface area (Å²) in [6.07, 6.45) is 2.50. The molecule has 1 amide bonds. The average molecular weight is 267 g/mol. The standard InChI is InChI=1S/C12H17N3O2S/c1-8-5-7-18-11(8)12(16)15(9-2-3-9)6-4-10(13)14-17/h5,7,9,17H,2-4,6H2,1H3,(H2,13,14). The van der Waals surface area contributed by atoms with E-state index in [9.17, 15) is 4.79 Å². The Balaban J connectivity index is 2.06. The highest BCUT2D eigenvalue weighted by Gasteiger charge is 2.33. The summed E-state index contributed by atoms with van der Waals surface area (Å²) in [6.45, 7) is 2.45. The molecule has 98 valence electrons. The van der Waals surface area contributed by atoms with E-state index in [0.29, 0.717) is 19.0 Å². The van der Waals surface area contributed by atoms with Gasteiger partial charge in [-0.25, -0.2) is 0 Å². The van der Waals surface area contributed by atoms with Gasteiger partial charge in [0.15, 0.2) is 0 Å². The van der Waals surface area contributed by atoms with Crippen LogP contribution in [0.4, 0.5) is 0 Å². The SMILES string of the molecule is Cc1ccsc1C(=O)N(CC/C(N)=N/O)C1CC1. The van der Waals surface area contributed by atoms with E-state index in [1.54, 1.807) is 0 Å². The molecule has 1 aliphatic carbocycles. The number of carbonyl (C=O) groups excluding carboxylic acids is 1. The molecule has 1 heterocycles. The molecule has 0 aliphatic heterocycles. The van der Waals surface area contributed by atoms with Crippen LogP contribution in [0, 0.1) is 6.92 Å². The van der Waals surface area contributed by atoms with Crippen molar-refractivity contribution < 1.29 is 10.0 Å². The lowest BCUT2D eigenvalue weighted by Gasteiger charge is -2.21. The highest BCUT2D eigenvalue weighted by molar-refractivity contribution is 7.12. The molecule has 1 aliphatic rings. The summed E-state index contributed by atoms with van der Waals surface area (Å²) in [7, 11) is 0. The van der Waals surface area contributed by atoms with Gasteiger partial charge in [-0.2, -0.15) is 0 Å². The summed E-state index contributed by atoms with van der Waals surface area (Å²) < 4.78 is 0. The molecule has 0 radical (unpaired) electrons. The van der Waals surface area contributed by atoms with Crippen molar-refractivity contribution >= 4 is 23.1 Å². The number of hydrogen-bond donors (Lipinski definition) is 2. The zero-order valence-electron chi connectivity index (χ0n) is 10.3. The van der Waals surface area contributed by atoms with Crippen LogP contribution in [0.2, 0.25) is 0 Å². The normalized spacial score (nSPS) is 15.7. The number of hydrogen-bond acceptors (Lipinski definition) is 4. The Kier molecular flexibility index (Phi) is 3.86. The third-order valence-electron chi connectivity index (χ3n) is 3.04. The van der Waals surface area contributed by atoms with Gasteiger partial charge < -0.3 is 15.8 Å². The van der Waals surface area contributed by atoms with Crippen molar-refractivity contribution in [3.63, 3.8) is 0 Å². The molecule has 1 saturated carbocycles. The first-order valence-corrected chi connectivity index (χ1v) is 6.83. The second-order valence-electron chi connectivity index (χ2n) is 4.50. The second kappa shape index (κ2) is 5.39. The van der Waals surface area contributed by atoms with Crippen LogP contribution in [0.1, 0.15) is 34.5 Å². The van der Waals surface area contributed by atoms with Crippen LogP contribution in [0.25, 0.3) is 0 Å². The minimum atomic E-state index is 0.0655. The lowest BCUT2D eigenvalue weighted by atomic mass is 10.2. The molecule has 0 aromatic carbocycles. The molecule has 5 nitrogen and oxygen atoms in total. The number of carbonyl (C=O) groups is 1. The van der Waals surface area contributed by atoms with E-state index in [1.165, 1.54) is 11.3 Å². The molecule has 0 unspecified atom stereocenters. The van der Waals surface area contributed by atoms with Gasteiger partial charge in [0, 0.05) is 19.0 Å². The summed E-state index contributed by atoms with van der Waals surface area (Å²) >= 11 is 1.47. The Hall–Kier alpha value is -1.56. The maximum Gasteiger partial charge on any atom is 0.264 e. The molecule has 0 bridgehead atoms. The zero-order valence-corrected chi connectivity index (χ0v) is 11.1. The Morgan fingerprint density at radius 2 is 2.39 bits per heavy atom. The van der Waals surface area contributed by atoms with Gasteiger partial charge in [0.25, 0.3) is 5.91 Å². The minimum absolute atomic E-state index is 0.0655. The van der Waals surface area contributed by atoms with Crippen molar-refractivity contribution in [3.05, 3.63) is 21.9 Å². The monoisotopic (exact) mass is 267 g/mol. The van der Waals surface area contributed by atoms with Crippen molar-refractivity contribution in [1.82, 2.24) is 4.90 Å². The molecule has 1 aromatic rings. The Morgan fingerprint density at radius 3 is 2.89 bits per heavy atom. The molecule has 2 rings (SSSR count). The second-order valence-corrected chi connectivity index (χ2v) is 5.42. The van der Waals surface area contributed by atoms with Crippen molar-refractivity contribution in [2.45, 2.75) is 32.2 Å². The van der Waals surface area contributed by atoms with Crippen LogP contribution in [0.15, 0.2) is 16.6 Å². The molecular formula is C12H17N3O2S. The first-order valence-electron chi connectivity index (χ1n) is 5.95. The van der Waals surface area contributed by atoms with Crippen LogP contribution in [-0.2, 0) is 0 Å². The maximum atomic E-state index is 12.4. The maximum absolute atomic E-state index is 12.4. The van der Waals surface area contributed by atoms with Crippen molar-refractivity contribution in [2.75, 3.05) is 6.54 Å². The Morgan fingerprint density at radius 1 is 1.67 bits per heavy atom. The largest absolute Gasteiger partial charge is 0.409 e. The fourth-order valence-corrected chi connectivity index (χ4v) is 2.72. The molecule has 0 saturated heterocycles. The number of amidine groups is 1. The smallest absolute Gasteiger partial charge is 0.264 e. The van der Waals surface area contributed by atoms with Gasteiger partial charge in [-0.15, -0.1) is 11.3 Å². The van der Waals surface area contributed by atoms with Gasteiger partial charge in [-0.05, 0) is 36.8 Å². The first-order chi connectivity index (χ1) is 8.63. The van der Waals surface area contributed by atoms with E-state index < -0.39 is 0 Å². The number of nitrogens with zero attached hydrogens (tertiary/aromatic N) is 2. The van der Waals surface area contributed by atoms with E-state index in [0.717, 1.165) is 23.3 Å². The summed E-state index contributed by atoms with van der Waals surface area (Å²) in [6, 6.07) is 2.28. The van der Waals surface area contributed by atoms with E-state index in [2.05, 4.69) is 5.16 Å². The first kappa shape index (κ1) is 12.9. The topological polar surface area (TPSA) is 78.9 Å². The third kappa shape index (κ3) is 2.81. The van der Waals surface area contributed by atoms with E-state index in [4.69, 9.17) is 10.9 Å². The van der Waals surface area contributed by atoms with Gasteiger partial charge in [-0.3, -0.25) is 4.79 Å². The zero-order chi connectivity index (χ0) is 13.1. The Labute approximate surface area is 110 Å². The lowest BCUT2D eigenvalue weighted by Crippen LogP contribution is -2.35. The van der Waals surface area contributed by atoms with Crippen LogP contribution < -0.4 is 5.73 Å². The van der Waals surface area contributed by atoms with Crippen molar-refractivity contribution in [3.8, 4) is 0 Å². The highest BCUT2D eigenvalue weighted by atomic mass is 32.1. The van der Waals surface area contributed by atoms with Gasteiger partial charge in [-0.1, -0.05) is 5.16 Å². The van der Waals surface area contributed by atoms with Gasteiger partial charge in [0.1, 0.15) is 5.84 Å². The fourth-order valence-electron chi connectivity index (χ4n) is 1.84. The van der Waals surface area contributed by atoms with Crippen LogP contribution in [-0.4, -0.2) is 34.4 Å².